The van der Waals surface area contributed by atoms with Gasteiger partial charge in [-0.2, -0.15) is 0 Å². The highest BCUT2D eigenvalue weighted by Crippen LogP contribution is 2.19. The lowest BCUT2D eigenvalue weighted by atomic mass is 10.2. The highest BCUT2D eigenvalue weighted by molar-refractivity contribution is 7.89. The maximum absolute atomic E-state index is 11.8. The number of benzene rings is 1. The summed E-state index contributed by atoms with van der Waals surface area (Å²) in [5, 5.41) is 2.47. The summed E-state index contributed by atoms with van der Waals surface area (Å²) in [6.07, 6.45) is 2.69. The summed E-state index contributed by atoms with van der Waals surface area (Å²) in [6.45, 7) is 2.84. The van der Waals surface area contributed by atoms with Gasteiger partial charge < -0.3 is 10.1 Å². The standard InChI is InChI=1S/C14H18N2O5S/c1-4-5-14(18)21-9-13(17)16-11-7-6-10(2)12(8-11)22(19,20)15-3/h4-8,15H,9H2,1-3H3,(H,16,17)/b5-4+. The molecule has 0 atom stereocenters. The number of nitrogens with one attached hydrogen (secondary N) is 2. The molecule has 0 saturated carbocycles. The molecular formula is C14H18N2O5S. The number of hydrogen-bond donors (Lipinski definition) is 2. The molecule has 1 amide bonds. The molecule has 0 heterocycles. The van der Waals surface area contributed by atoms with Crippen LogP contribution in [0.4, 0.5) is 5.69 Å². The molecule has 0 radical (unpaired) electrons. The van der Waals surface area contributed by atoms with Gasteiger partial charge in [0, 0.05) is 11.8 Å². The van der Waals surface area contributed by atoms with E-state index in [0.29, 0.717) is 11.3 Å². The fourth-order valence-corrected chi connectivity index (χ4v) is 2.59. The van der Waals surface area contributed by atoms with Crippen molar-refractivity contribution in [3.63, 3.8) is 0 Å². The molecule has 0 fully saturated rings. The summed E-state index contributed by atoms with van der Waals surface area (Å²) in [7, 11) is -2.31. The molecule has 0 saturated heterocycles. The molecule has 0 aromatic heterocycles. The van der Waals surface area contributed by atoms with Crippen LogP contribution in [0.2, 0.25) is 0 Å². The molecule has 0 aliphatic heterocycles. The minimum Gasteiger partial charge on any atom is -0.452 e. The van der Waals surface area contributed by atoms with Crippen LogP contribution in [0.1, 0.15) is 12.5 Å². The summed E-state index contributed by atoms with van der Waals surface area (Å²) in [4.78, 5) is 22.8. The first-order chi connectivity index (χ1) is 10.3. The van der Waals surface area contributed by atoms with Gasteiger partial charge in [-0.15, -0.1) is 0 Å². The van der Waals surface area contributed by atoms with Gasteiger partial charge in [-0.3, -0.25) is 4.79 Å². The predicted octanol–water partition coefficient (Wildman–Crippen LogP) is 0.961. The second-order valence-electron chi connectivity index (χ2n) is 4.34. The summed E-state index contributed by atoms with van der Waals surface area (Å²) in [6, 6.07) is 4.48. The molecular weight excluding hydrogens is 308 g/mol. The number of rotatable bonds is 6. The van der Waals surface area contributed by atoms with Crippen LogP contribution in [0, 0.1) is 6.92 Å². The Morgan fingerprint density at radius 1 is 1.32 bits per heavy atom. The van der Waals surface area contributed by atoms with Crippen molar-refractivity contribution >= 4 is 27.6 Å². The van der Waals surface area contributed by atoms with Gasteiger partial charge in [-0.05, 0) is 38.6 Å². The molecule has 0 bridgehead atoms. The fourth-order valence-electron chi connectivity index (χ4n) is 1.60. The molecule has 7 nitrogen and oxygen atoms in total. The van der Waals surface area contributed by atoms with E-state index in [2.05, 4.69) is 10.0 Å². The highest BCUT2D eigenvalue weighted by Gasteiger charge is 2.16. The largest absolute Gasteiger partial charge is 0.452 e. The Bertz CT molecular complexity index is 695. The zero-order valence-electron chi connectivity index (χ0n) is 12.5. The Morgan fingerprint density at radius 2 is 2.00 bits per heavy atom. The smallest absolute Gasteiger partial charge is 0.330 e. The van der Waals surface area contributed by atoms with Gasteiger partial charge in [0.15, 0.2) is 6.61 Å². The number of anilines is 1. The molecule has 120 valence electrons. The lowest BCUT2D eigenvalue weighted by Crippen LogP contribution is -2.22. The van der Waals surface area contributed by atoms with Crippen LogP contribution in [-0.4, -0.2) is 33.9 Å². The van der Waals surface area contributed by atoms with Crippen molar-refractivity contribution in [2.45, 2.75) is 18.7 Å². The number of carbonyl (C=O) groups is 2. The third-order valence-corrected chi connectivity index (χ3v) is 4.23. The second-order valence-corrected chi connectivity index (χ2v) is 6.20. The number of sulfonamides is 1. The van der Waals surface area contributed by atoms with Gasteiger partial charge in [0.05, 0.1) is 4.90 Å². The quantitative estimate of drug-likeness (QED) is 0.599. The van der Waals surface area contributed by atoms with Crippen molar-refractivity contribution in [2.75, 3.05) is 19.0 Å². The van der Waals surface area contributed by atoms with E-state index >= 15 is 0 Å². The first-order valence-corrected chi connectivity index (χ1v) is 7.92. The summed E-state index contributed by atoms with van der Waals surface area (Å²) < 4.78 is 30.6. The maximum atomic E-state index is 11.8. The topological polar surface area (TPSA) is 102 Å². The number of esters is 1. The van der Waals surface area contributed by atoms with Gasteiger partial charge in [-0.1, -0.05) is 12.1 Å². The second kappa shape index (κ2) is 7.71. The van der Waals surface area contributed by atoms with Crippen LogP contribution in [0.25, 0.3) is 0 Å². The van der Waals surface area contributed by atoms with E-state index < -0.39 is 28.5 Å². The highest BCUT2D eigenvalue weighted by atomic mass is 32.2. The summed E-state index contributed by atoms with van der Waals surface area (Å²) >= 11 is 0. The van der Waals surface area contributed by atoms with Gasteiger partial charge in [0.2, 0.25) is 10.0 Å². The van der Waals surface area contributed by atoms with Crippen molar-refractivity contribution in [1.29, 1.82) is 0 Å². The Hall–Kier alpha value is -2.19. The van der Waals surface area contributed by atoms with E-state index in [1.165, 1.54) is 25.3 Å². The lowest BCUT2D eigenvalue weighted by molar-refractivity contribution is -0.142. The number of carbonyl (C=O) groups excluding carboxylic acids is 2. The van der Waals surface area contributed by atoms with Gasteiger partial charge in [0.1, 0.15) is 0 Å². The third kappa shape index (κ3) is 4.97. The minimum atomic E-state index is -3.62. The SMILES string of the molecule is C/C=C/C(=O)OCC(=O)Nc1ccc(C)c(S(=O)(=O)NC)c1. The minimum absolute atomic E-state index is 0.0683. The Morgan fingerprint density at radius 3 is 2.59 bits per heavy atom. The van der Waals surface area contributed by atoms with Crippen molar-refractivity contribution in [1.82, 2.24) is 4.72 Å². The first kappa shape index (κ1) is 17.9. The summed E-state index contributed by atoms with van der Waals surface area (Å²) in [5.41, 5.74) is 0.846. The van der Waals surface area contributed by atoms with E-state index in [1.54, 1.807) is 26.0 Å². The van der Waals surface area contributed by atoms with Crippen LogP contribution in [0.3, 0.4) is 0 Å². The first-order valence-electron chi connectivity index (χ1n) is 6.43. The molecule has 0 spiro atoms. The Kier molecular flexibility index (Phi) is 6.26. The number of ether oxygens (including phenoxy) is 1. The zero-order valence-corrected chi connectivity index (χ0v) is 13.4. The molecule has 0 aliphatic rings. The number of aryl methyl sites for hydroxylation is 1. The van der Waals surface area contributed by atoms with Crippen LogP contribution in [0.5, 0.6) is 0 Å². The molecule has 22 heavy (non-hydrogen) atoms. The van der Waals surface area contributed by atoms with E-state index in [9.17, 15) is 18.0 Å². The molecule has 0 unspecified atom stereocenters. The molecule has 0 aliphatic carbocycles. The van der Waals surface area contributed by atoms with E-state index in [0.717, 1.165) is 0 Å². The van der Waals surface area contributed by atoms with E-state index in [-0.39, 0.29) is 4.90 Å². The summed E-state index contributed by atoms with van der Waals surface area (Å²) in [5.74, 6) is -1.19. The van der Waals surface area contributed by atoms with Crippen molar-refractivity contribution in [3.05, 3.63) is 35.9 Å². The van der Waals surface area contributed by atoms with Crippen LogP contribution >= 0.6 is 0 Å². The van der Waals surface area contributed by atoms with Gasteiger partial charge in [-0.25, -0.2) is 17.9 Å². The van der Waals surface area contributed by atoms with Crippen molar-refractivity contribution < 1.29 is 22.7 Å². The van der Waals surface area contributed by atoms with Crippen molar-refractivity contribution in [3.8, 4) is 0 Å². The van der Waals surface area contributed by atoms with Gasteiger partial charge >= 0.3 is 5.97 Å². The number of allylic oxidation sites excluding steroid dienone is 1. The van der Waals surface area contributed by atoms with Crippen molar-refractivity contribution in [2.24, 2.45) is 0 Å². The van der Waals surface area contributed by atoms with E-state index in [4.69, 9.17) is 4.74 Å². The molecule has 1 aromatic rings. The molecule has 1 rings (SSSR count). The average Bonchev–Trinajstić information content (AvgIpc) is 2.47. The zero-order chi connectivity index (χ0) is 16.8. The van der Waals surface area contributed by atoms with Crippen LogP contribution < -0.4 is 10.0 Å². The molecule has 1 aromatic carbocycles. The maximum Gasteiger partial charge on any atom is 0.330 e. The monoisotopic (exact) mass is 326 g/mol. The Balaban J connectivity index is 2.81. The van der Waals surface area contributed by atoms with E-state index in [1.807, 2.05) is 0 Å². The number of hydrogen-bond acceptors (Lipinski definition) is 5. The normalized spacial score (nSPS) is 11.4. The van der Waals surface area contributed by atoms with Crippen LogP contribution in [-0.2, 0) is 24.3 Å². The predicted molar refractivity (Wildman–Crippen MR) is 81.8 cm³/mol. The van der Waals surface area contributed by atoms with Crippen LogP contribution in [0.15, 0.2) is 35.2 Å². The molecule has 2 N–H and O–H groups in total. The van der Waals surface area contributed by atoms with Gasteiger partial charge in [0.25, 0.3) is 5.91 Å². The fraction of sp³-hybridized carbons (Fsp3) is 0.286. The molecule has 8 heteroatoms. The third-order valence-electron chi connectivity index (χ3n) is 2.68. The number of amides is 1. The average molecular weight is 326 g/mol. The lowest BCUT2D eigenvalue weighted by Gasteiger charge is -2.10. The Labute approximate surface area is 129 Å².